The molecule has 170 valence electrons. The maximum Gasteiger partial charge on any atom is 0.416 e. The molecule has 0 heterocycles. The minimum absolute atomic E-state index is 0.0388. The Bertz CT molecular complexity index is 860. The second-order valence-electron chi connectivity index (χ2n) is 6.81. The van der Waals surface area contributed by atoms with Crippen molar-refractivity contribution in [3.8, 4) is 17.2 Å². The van der Waals surface area contributed by atoms with Crippen molar-refractivity contribution in [3.05, 3.63) is 64.5 Å². The van der Waals surface area contributed by atoms with E-state index in [0.29, 0.717) is 31.1 Å². The molecule has 0 bridgehead atoms. The van der Waals surface area contributed by atoms with E-state index < -0.39 is 17.0 Å². The Hall–Kier alpha value is -2.41. The highest BCUT2D eigenvalue weighted by Gasteiger charge is 2.29. The summed E-state index contributed by atoms with van der Waals surface area (Å²) in [6.07, 6.45) is -1.06. The number of rotatable bonds is 11. The number of ether oxygens (including phenoxy) is 3. The first-order chi connectivity index (χ1) is 14.7. The fourth-order valence-corrected chi connectivity index (χ4v) is 2.94. The van der Waals surface area contributed by atoms with Gasteiger partial charge in [-0.15, -0.1) is 0 Å². The summed E-state index contributed by atoms with van der Waals surface area (Å²) in [6, 6.07) is 8.32. The molecular weight excluding hydrogens is 436 g/mol. The summed E-state index contributed by atoms with van der Waals surface area (Å²) in [5, 5.41) is -0.810. The van der Waals surface area contributed by atoms with Crippen LogP contribution in [-0.2, 0) is 12.6 Å². The van der Waals surface area contributed by atoms with Gasteiger partial charge in [0.2, 0.25) is 0 Å². The summed E-state index contributed by atoms with van der Waals surface area (Å²) in [5.74, 6) is 1.80. The van der Waals surface area contributed by atoms with E-state index in [0.717, 1.165) is 47.9 Å². The van der Waals surface area contributed by atoms with Crippen molar-refractivity contribution in [3.63, 3.8) is 0 Å². The van der Waals surface area contributed by atoms with Gasteiger partial charge in [-0.1, -0.05) is 18.5 Å². The number of hydrogen-bond donors (Lipinski definition) is 0. The molecule has 0 aliphatic rings. The third-order valence-corrected chi connectivity index (χ3v) is 4.58. The molecular formula is C23H25ClF4O3. The number of halogens is 5. The predicted molar refractivity (Wildman–Crippen MR) is 113 cm³/mol. The van der Waals surface area contributed by atoms with Gasteiger partial charge in [-0.25, -0.2) is 0 Å². The number of benzene rings is 2. The van der Waals surface area contributed by atoms with Crippen LogP contribution in [0.15, 0.2) is 47.8 Å². The van der Waals surface area contributed by atoms with Gasteiger partial charge in [0, 0.05) is 6.08 Å². The largest absolute Gasteiger partial charge is 0.494 e. The fraction of sp³-hybridized carbons (Fsp3) is 0.391. The average molecular weight is 461 g/mol. The fourth-order valence-electron chi connectivity index (χ4n) is 2.87. The summed E-state index contributed by atoms with van der Waals surface area (Å²) in [4.78, 5) is 0. The SMILES string of the molecule is CCc1cc(OCC=C(F)Cl)cc(C)c1OCCCCOc1ccc(C(F)(F)F)cc1. The first-order valence-corrected chi connectivity index (χ1v) is 10.3. The van der Waals surface area contributed by atoms with Crippen molar-refractivity contribution in [1.29, 1.82) is 0 Å². The van der Waals surface area contributed by atoms with Gasteiger partial charge in [-0.2, -0.15) is 17.6 Å². The third kappa shape index (κ3) is 8.32. The first kappa shape index (κ1) is 24.9. The lowest BCUT2D eigenvalue weighted by Gasteiger charge is -2.16. The summed E-state index contributed by atoms with van der Waals surface area (Å²) in [7, 11) is 0. The molecule has 0 unspecified atom stereocenters. The van der Waals surface area contributed by atoms with Crippen LogP contribution in [0.4, 0.5) is 17.6 Å². The van der Waals surface area contributed by atoms with Gasteiger partial charge >= 0.3 is 6.18 Å². The zero-order valence-electron chi connectivity index (χ0n) is 17.4. The van der Waals surface area contributed by atoms with Gasteiger partial charge in [0.25, 0.3) is 0 Å². The molecule has 3 nitrogen and oxygen atoms in total. The van der Waals surface area contributed by atoms with Crippen molar-refractivity contribution in [2.45, 2.75) is 39.3 Å². The van der Waals surface area contributed by atoms with Crippen LogP contribution < -0.4 is 14.2 Å². The van der Waals surface area contributed by atoms with Crippen LogP contribution in [0.5, 0.6) is 17.2 Å². The van der Waals surface area contributed by atoms with Crippen LogP contribution in [0.25, 0.3) is 0 Å². The van der Waals surface area contributed by atoms with E-state index in [2.05, 4.69) is 0 Å². The molecule has 2 aromatic rings. The molecule has 0 radical (unpaired) electrons. The van der Waals surface area contributed by atoms with Crippen LogP contribution in [0.2, 0.25) is 0 Å². The van der Waals surface area contributed by atoms with Crippen molar-refractivity contribution in [1.82, 2.24) is 0 Å². The highest BCUT2D eigenvalue weighted by Crippen LogP contribution is 2.31. The summed E-state index contributed by atoms with van der Waals surface area (Å²) < 4.78 is 67.1. The Labute approximate surface area is 184 Å². The van der Waals surface area contributed by atoms with E-state index >= 15 is 0 Å². The van der Waals surface area contributed by atoms with Crippen molar-refractivity contribution >= 4 is 11.6 Å². The first-order valence-electron chi connectivity index (χ1n) is 9.91. The van der Waals surface area contributed by atoms with E-state index in [1.807, 2.05) is 26.0 Å². The molecule has 31 heavy (non-hydrogen) atoms. The molecule has 0 spiro atoms. The van der Waals surface area contributed by atoms with Gasteiger partial charge in [0.1, 0.15) is 23.9 Å². The van der Waals surface area contributed by atoms with Gasteiger partial charge in [-0.05, 0) is 73.7 Å². The number of aryl methyl sites for hydroxylation is 2. The van der Waals surface area contributed by atoms with E-state index in [4.69, 9.17) is 25.8 Å². The molecule has 0 aliphatic carbocycles. The second-order valence-corrected chi connectivity index (χ2v) is 7.17. The van der Waals surface area contributed by atoms with Crippen LogP contribution in [0, 0.1) is 6.92 Å². The van der Waals surface area contributed by atoms with E-state index in [9.17, 15) is 17.6 Å². The molecule has 2 rings (SSSR count). The zero-order chi connectivity index (χ0) is 22.9. The number of alkyl halides is 3. The van der Waals surface area contributed by atoms with Crippen molar-refractivity contribution < 1.29 is 31.8 Å². The van der Waals surface area contributed by atoms with E-state index in [1.54, 1.807) is 0 Å². The predicted octanol–water partition coefficient (Wildman–Crippen LogP) is 7.24. The lowest BCUT2D eigenvalue weighted by molar-refractivity contribution is -0.137. The highest BCUT2D eigenvalue weighted by atomic mass is 35.5. The Morgan fingerprint density at radius 3 is 2.19 bits per heavy atom. The average Bonchev–Trinajstić information content (AvgIpc) is 2.70. The van der Waals surface area contributed by atoms with Crippen LogP contribution in [-0.4, -0.2) is 19.8 Å². The lowest BCUT2D eigenvalue weighted by atomic mass is 10.1. The summed E-state index contributed by atoms with van der Waals surface area (Å²) in [5.41, 5.74) is 1.19. The quantitative estimate of drug-likeness (QED) is 0.261. The van der Waals surface area contributed by atoms with Crippen molar-refractivity contribution in [2.24, 2.45) is 0 Å². The Morgan fingerprint density at radius 1 is 0.968 bits per heavy atom. The summed E-state index contributed by atoms with van der Waals surface area (Å²) in [6.45, 7) is 4.81. The summed E-state index contributed by atoms with van der Waals surface area (Å²) >= 11 is 5.15. The van der Waals surface area contributed by atoms with E-state index in [1.165, 1.54) is 12.1 Å². The normalized spacial score (nSPS) is 12.0. The van der Waals surface area contributed by atoms with Crippen LogP contribution in [0.1, 0.15) is 36.5 Å². The molecule has 2 aromatic carbocycles. The van der Waals surface area contributed by atoms with E-state index in [-0.39, 0.29) is 6.61 Å². The standard InChI is InChI=1S/C23H25ClF4O3/c1-3-17-15-20(30-13-10-21(24)25)14-16(2)22(17)31-12-5-4-11-29-19-8-6-18(7-9-19)23(26,27)28/h6-10,14-15H,3-5,11-13H2,1-2H3. The third-order valence-electron chi connectivity index (χ3n) is 4.43. The van der Waals surface area contributed by atoms with Crippen molar-refractivity contribution in [2.75, 3.05) is 19.8 Å². The van der Waals surface area contributed by atoms with Gasteiger partial charge in [-0.3, -0.25) is 0 Å². The molecule has 0 fully saturated rings. The number of hydrogen-bond acceptors (Lipinski definition) is 3. The Morgan fingerprint density at radius 2 is 1.61 bits per heavy atom. The number of unbranched alkanes of at least 4 members (excludes halogenated alkanes) is 1. The maximum absolute atomic E-state index is 12.6. The minimum Gasteiger partial charge on any atom is -0.494 e. The molecule has 0 saturated carbocycles. The minimum atomic E-state index is -4.35. The topological polar surface area (TPSA) is 27.7 Å². The van der Waals surface area contributed by atoms with Gasteiger partial charge in [0.15, 0.2) is 5.29 Å². The zero-order valence-corrected chi connectivity index (χ0v) is 18.2. The molecule has 0 atom stereocenters. The second kappa shape index (κ2) is 11.8. The molecule has 0 aliphatic heterocycles. The van der Waals surface area contributed by atoms with Crippen LogP contribution >= 0.6 is 11.6 Å². The molecule has 0 aromatic heterocycles. The lowest BCUT2D eigenvalue weighted by Crippen LogP contribution is -2.06. The van der Waals surface area contributed by atoms with Crippen LogP contribution in [0.3, 0.4) is 0 Å². The van der Waals surface area contributed by atoms with Gasteiger partial charge < -0.3 is 14.2 Å². The highest BCUT2D eigenvalue weighted by molar-refractivity contribution is 6.28. The molecule has 8 heteroatoms. The Balaban J connectivity index is 1.78. The molecule has 0 saturated heterocycles. The molecule has 0 amide bonds. The maximum atomic E-state index is 12.6. The smallest absolute Gasteiger partial charge is 0.416 e. The molecule has 0 N–H and O–H groups in total. The van der Waals surface area contributed by atoms with Gasteiger partial charge in [0.05, 0.1) is 18.8 Å². The monoisotopic (exact) mass is 460 g/mol. The Kier molecular flexibility index (Phi) is 9.49.